The third kappa shape index (κ3) is 2.19. The van der Waals surface area contributed by atoms with Gasteiger partial charge in [-0.1, -0.05) is 0 Å². The number of ether oxygens (including phenoxy) is 1. The molecule has 88 valence electrons. The van der Waals surface area contributed by atoms with Gasteiger partial charge in [-0.05, 0) is 45.8 Å². The average Bonchev–Trinajstić information content (AvgIpc) is 2.59. The molecule has 0 radical (unpaired) electrons. The van der Waals surface area contributed by atoms with Crippen LogP contribution >= 0.6 is 0 Å². The van der Waals surface area contributed by atoms with Gasteiger partial charge in [0.1, 0.15) is 0 Å². The Morgan fingerprint density at radius 2 is 2.27 bits per heavy atom. The molecule has 0 saturated carbocycles. The lowest BCUT2D eigenvalue weighted by Gasteiger charge is -2.31. The number of nitrogens with zero attached hydrogens (tertiary/aromatic N) is 2. The van der Waals surface area contributed by atoms with E-state index in [4.69, 9.17) is 4.74 Å². The van der Waals surface area contributed by atoms with Gasteiger partial charge in [-0.25, -0.2) is 0 Å². The van der Waals surface area contributed by atoms with Gasteiger partial charge in [-0.2, -0.15) is 0 Å². The summed E-state index contributed by atoms with van der Waals surface area (Å²) >= 11 is 0. The Kier molecular flexibility index (Phi) is 3.33. The number of fused-ring (bicyclic) bond motifs is 1. The lowest BCUT2D eigenvalue weighted by atomic mass is 9.90. The lowest BCUT2D eigenvalue weighted by Crippen LogP contribution is -2.42. The summed E-state index contributed by atoms with van der Waals surface area (Å²) in [5, 5.41) is 0. The maximum Gasteiger partial charge on any atom is 0.0646 e. The first-order valence-electron chi connectivity index (χ1n) is 6.05. The number of hydrogen-bond donors (Lipinski definition) is 0. The predicted octanol–water partition coefficient (Wildman–Crippen LogP) is 1.05. The minimum atomic E-state index is 0.398. The van der Waals surface area contributed by atoms with Gasteiger partial charge in [-0.15, -0.1) is 0 Å². The first kappa shape index (κ1) is 11.4. The summed E-state index contributed by atoms with van der Waals surface area (Å²) in [6, 6.07) is 0. The van der Waals surface area contributed by atoms with Crippen molar-refractivity contribution in [3.05, 3.63) is 0 Å². The number of hydrogen-bond acceptors (Lipinski definition) is 3. The lowest BCUT2D eigenvalue weighted by molar-refractivity contribution is 0.0652. The zero-order chi connectivity index (χ0) is 10.9. The van der Waals surface area contributed by atoms with Crippen molar-refractivity contribution in [3.63, 3.8) is 0 Å². The van der Waals surface area contributed by atoms with E-state index in [-0.39, 0.29) is 0 Å². The maximum absolute atomic E-state index is 5.43. The van der Waals surface area contributed by atoms with E-state index in [1.54, 1.807) is 0 Å². The molecule has 2 atom stereocenters. The first-order valence-corrected chi connectivity index (χ1v) is 6.05. The second-order valence-corrected chi connectivity index (χ2v) is 5.54. The second kappa shape index (κ2) is 4.40. The van der Waals surface area contributed by atoms with Crippen LogP contribution in [0.5, 0.6) is 0 Å². The Balaban J connectivity index is 1.97. The van der Waals surface area contributed by atoms with Gasteiger partial charge in [0.2, 0.25) is 0 Å². The van der Waals surface area contributed by atoms with Crippen LogP contribution in [0.25, 0.3) is 0 Å². The van der Waals surface area contributed by atoms with Crippen LogP contribution in [0.15, 0.2) is 0 Å². The van der Waals surface area contributed by atoms with Crippen LogP contribution in [0.3, 0.4) is 0 Å². The summed E-state index contributed by atoms with van der Waals surface area (Å²) in [5.41, 5.74) is 0.398. The molecule has 3 nitrogen and oxygen atoms in total. The zero-order valence-electron chi connectivity index (χ0n) is 10.3. The van der Waals surface area contributed by atoms with Gasteiger partial charge >= 0.3 is 0 Å². The van der Waals surface area contributed by atoms with E-state index < -0.39 is 0 Å². The van der Waals surface area contributed by atoms with E-state index >= 15 is 0 Å². The predicted molar refractivity (Wildman–Crippen MR) is 62.1 cm³/mol. The molecule has 2 heterocycles. The highest BCUT2D eigenvalue weighted by molar-refractivity contribution is 5.03. The molecule has 0 aromatic heterocycles. The van der Waals surface area contributed by atoms with Gasteiger partial charge in [0.05, 0.1) is 6.61 Å². The average molecular weight is 212 g/mol. The summed E-state index contributed by atoms with van der Waals surface area (Å²) in [7, 11) is 6.18. The Bertz CT molecular complexity index is 220. The van der Waals surface area contributed by atoms with Crippen molar-refractivity contribution in [1.82, 2.24) is 9.80 Å². The molecule has 1 unspecified atom stereocenters. The van der Waals surface area contributed by atoms with Crippen molar-refractivity contribution in [1.29, 1.82) is 0 Å². The molecule has 2 rings (SSSR count). The fourth-order valence-electron chi connectivity index (χ4n) is 3.55. The molecule has 3 heteroatoms. The van der Waals surface area contributed by atoms with Gasteiger partial charge in [-0.3, -0.25) is 4.90 Å². The van der Waals surface area contributed by atoms with E-state index in [1.807, 2.05) is 7.11 Å². The van der Waals surface area contributed by atoms with Crippen molar-refractivity contribution >= 4 is 0 Å². The fraction of sp³-hybridized carbons (Fsp3) is 1.00. The van der Waals surface area contributed by atoms with Crippen LogP contribution in [-0.4, -0.2) is 62.8 Å². The van der Waals surface area contributed by atoms with Gasteiger partial charge in [0.15, 0.2) is 0 Å². The molecule has 2 saturated heterocycles. The third-order valence-corrected chi connectivity index (χ3v) is 3.92. The highest BCUT2D eigenvalue weighted by atomic mass is 16.5. The summed E-state index contributed by atoms with van der Waals surface area (Å²) in [5.74, 6) is 0.843. The Hall–Kier alpha value is -0.120. The standard InChI is InChI=1S/C12H24N2O/c1-13(2)8-11-7-12(10-15-3)5-4-6-14(12)9-11/h11H,4-10H2,1-3H3/t11?,12-/m0/s1. The van der Waals surface area contributed by atoms with Gasteiger partial charge in [0.25, 0.3) is 0 Å². The van der Waals surface area contributed by atoms with E-state index in [0.29, 0.717) is 5.54 Å². The third-order valence-electron chi connectivity index (χ3n) is 3.92. The summed E-state index contributed by atoms with van der Waals surface area (Å²) in [6.07, 6.45) is 4.03. The van der Waals surface area contributed by atoms with Crippen molar-refractivity contribution < 1.29 is 4.74 Å². The van der Waals surface area contributed by atoms with Crippen molar-refractivity contribution in [2.75, 3.05) is 47.4 Å². The molecule has 2 aliphatic heterocycles. The Morgan fingerprint density at radius 3 is 2.93 bits per heavy atom. The Morgan fingerprint density at radius 1 is 1.47 bits per heavy atom. The molecule has 0 aromatic rings. The molecule has 2 fully saturated rings. The van der Waals surface area contributed by atoms with Crippen molar-refractivity contribution in [2.24, 2.45) is 5.92 Å². The minimum Gasteiger partial charge on any atom is -0.383 e. The second-order valence-electron chi connectivity index (χ2n) is 5.54. The normalized spacial score (nSPS) is 36.4. The largest absolute Gasteiger partial charge is 0.383 e. The van der Waals surface area contributed by atoms with Crippen LogP contribution in [0.1, 0.15) is 19.3 Å². The molecular weight excluding hydrogens is 188 g/mol. The van der Waals surface area contributed by atoms with Gasteiger partial charge < -0.3 is 9.64 Å². The molecule has 0 aromatic carbocycles. The summed E-state index contributed by atoms with van der Waals surface area (Å²) < 4.78 is 5.43. The quantitative estimate of drug-likeness (QED) is 0.693. The molecule has 0 aliphatic carbocycles. The smallest absolute Gasteiger partial charge is 0.0646 e. The zero-order valence-corrected chi connectivity index (χ0v) is 10.3. The molecule has 0 spiro atoms. The monoisotopic (exact) mass is 212 g/mol. The fourth-order valence-corrected chi connectivity index (χ4v) is 3.55. The van der Waals surface area contributed by atoms with Crippen LogP contribution < -0.4 is 0 Å². The molecule has 0 amide bonds. The molecule has 2 aliphatic rings. The van der Waals surface area contributed by atoms with Crippen LogP contribution in [0.2, 0.25) is 0 Å². The van der Waals surface area contributed by atoms with E-state index in [2.05, 4.69) is 23.9 Å². The SMILES string of the molecule is COC[C@@]12CCCN1CC(CN(C)C)C2. The van der Waals surface area contributed by atoms with Crippen molar-refractivity contribution in [2.45, 2.75) is 24.8 Å². The van der Waals surface area contributed by atoms with Crippen LogP contribution in [0, 0.1) is 5.92 Å². The summed E-state index contributed by atoms with van der Waals surface area (Å²) in [4.78, 5) is 4.98. The summed E-state index contributed by atoms with van der Waals surface area (Å²) in [6.45, 7) is 4.72. The van der Waals surface area contributed by atoms with E-state index in [0.717, 1.165) is 12.5 Å². The van der Waals surface area contributed by atoms with Crippen LogP contribution in [0.4, 0.5) is 0 Å². The molecule has 0 bridgehead atoms. The van der Waals surface area contributed by atoms with Gasteiger partial charge in [0, 0.05) is 25.7 Å². The topological polar surface area (TPSA) is 15.7 Å². The minimum absolute atomic E-state index is 0.398. The Labute approximate surface area is 93.4 Å². The molecule has 0 N–H and O–H groups in total. The molecule has 15 heavy (non-hydrogen) atoms. The van der Waals surface area contributed by atoms with E-state index in [9.17, 15) is 0 Å². The van der Waals surface area contributed by atoms with Crippen molar-refractivity contribution in [3.8, 4) is 0 Å². The first-order chi connectivity index (χ1) is 7.16. The van der Waals surface area contributed by atoms with Crippen LogP contribution in [-0.2, 0) is 4.74 Å². The highest BCUT2D eigenvalue weighted by Gasteiger charge is 2.48. The number of methoxy groups -OCH3 is 1. The molecular formula is C12H24N2O. The highest BCUT2D eigenvalue weighted by Crippen LogP contribution is 2.41. The van der Waals surface area contributed by atoms with E-state index in [1.165, 1.54) is 38.9 Å². The maximum atomic E-state index is 5.43. The number of rotatable bonds is 4.